The molecule has 2 aromatic rings. The highest BCUT2D eigenvalue weighted by Gasteiger charge is 2.01. The first kappa shape index (κ1) is 11.1. The second-order valence-corrected chi connectivity index (χ2v) is 5.60. The Labute approximate surface area is 109 Å². The van der Waals surface area contributed by atoms with E-state index in [2.05, 4.69) is 31.4 Å². The molecule has 0 fully saturated rings. The summed E-state index contributed by atoms with van der Waals surface area (Å²) in [6.07, 6.45) is 0. The van der Waals surface area contributed by atoms with E-state index in [4.69, 9.17) is 23.8 Å². The third kappa shape index (κ3) is 2.78. The topological polar surface area (TPSA) is 40.7 Å². The zero-order chi connectivity index (χ0) is 10.8. The van der Waals surface area contributed by atoms with Crippen LogP contribution in [0, 0.1) is 3.95 Å². The minimum Gasteiger partial charge on any atom is -0.330 e. The summed E-state index contributed by atoms with van der Waals surface area (Å²) in [4.78, 5) is 0. The van der Waals surface area contributed by atoms with Gasteiger partial charge in [0.05, 0.1) is 5.02 Å². The number of hydrogen-bond donors (Lipinski definition) is 2. The lowest BCUT2D eigenvalue weighted by atomic mass is 10.3. The van der Waals surface area contributed by atoms with Crippen LogP contribution in [0.4, 0.5) is 10.8 Å². The van der Waals surface area contributed by atoms with Gasteiger partial charge >= 0.3 is 0 Å². The number of rotatable bonds is 2. The van der Waals surface area contributed by atoms with Crippen LogP contribution >= 0.6 is 51.1 Å². The number of halogens is 2. The first-order chi connectivity index (χ1) is 7.15. The van der Waals surface area contributed by atoms with Crippen molar-refractivity contribution in [2.24, 2.45) is 0 Å². The van der Waals surface area contributed by atoms with Gasteiger partial charge in [-0.1, -0.05) is 22.9 Å². The van der Waals surface area contributed by atoms with Crippen LogP contribution in [0.5, 0.6) is 0 Å². The van der Waals surface area contributed by atoms with Crippen LogP contribution in [0.1, 0.15) is 0 Å². The first-order valence-corrected chi connectivity index (χ1v) is 6.32. The van der Waals surface area contributed by atoms with Gasteiger partial charge in [-0.25, -0.2) is 0 Å². The van der Waals surface area contributed by atoms with E-state index in [-0.39, 0.29) is 0 Å². The number of nitrogens with zero attached hydrogens (tertiary/aromatic N) is 1. The van der Waals surface area contributed by atoms with Crippen LogP contribution in [0.3, 0.4) is 0 Å². The fourth-order valence-corrected chi connectivity index (χ4v) is 2.22. The lowest BCUT2D eigenvalue weighted by molar-refractivity contribution is 1.08. The molecule has 0 aliphatic carbocycles. The second-order valence-electron chi connectivity index (χ2n) is 2.67. The summed E-state index contributed by atoms with van der Waals surface area (Å²) in [5.41, 5.74) is 0.876. The molecule has 0 unspecified atom stereocenters. The number of hydrogen-bond acceptors (Lipinski definition) is 4. The van der Waals surface area contributed by atoms with E-state index in [1.807, 2.05) is 18.2 Å². The Kier molecular flexibility index (Phi) is 3.40. The number of benzene rings is 1. The number of nitrogens with one attached hydrogen (secondary N) is 2. The highest BCUT2D eigenvalue weighted by molar-refractivity contribution is 9.10. The smallest absolute Gasteiger partial charge is 0.208 e. The van der Waals surface area contributed by atoms with Crippen molar-refractivity contribution in [1.29, 1.82) is 0 Å². The largest absolute Gasteiger partial charge is 0.330 e. The summed E-state index contributed by atoms with van der Waals surface area (Å²) in [5, 5.41) is 11.1. The van der Waals surface area contributed by atoms with E-state index in [1.54, 1.807) is 0 Å². The standard InChI is InChI=1S/C8H5BrClN3S2/c9-5-2-1-4(3-6(5)10)11-7-12-13-8(14)15-7/h1-3H,(H,11,12)(H,13,14). The van der Waals surface area contributed by atoms with Gasteiger partial charge in [-0.15, -0.1) is 5.10 Å². The predicted molar refractivity (Wildman–Crippen MR) is 69.7 cm³/mol. The van der Waals surface area contributed by atoms with Crippen LogP contribution < -0.4 is 5.32 Å². The molecule has 78 valence electrons. The van der Waals surface area contributed by atoms with Crippen molar-refractivity contribution < 1.29 is 0 Å². The molecule has 15 heavy (non-hydrogen) atoms. The zero-order valence-corrected chi connectivity index (χ0v) is 11.2. The number of aromatic amines is 1. The average molecular weight is 323 g/mol. The molecule has 1 aromatic carbocycles. The molecule has 0 amide bonds. The van der Waals surface area contributed by atoms with Crippen molar-refractivity contribution in [1.82, 2.24) is 10.2 Å². The van der Waals surface area contributed by atoms with Crippen LogP contribution in [0.2, 0.25) is 5.02 Å². The monoisotopic (exact) mass is 321 g/mol. The summed E-state index contributed by atoms with van der Waals surface area (Å²) >= 11 is 15.6. The maximum absolute atomic E-state index is 5.95. The summed E-state index contributed by atoms with van der Waals surface area (Å²) in [6, 6.07) is 5.59. The van der Waals surface area contributed by atoms with E-state index in [1.165, 1.54) is 11.3 Å². The molecule has 0 aliphatic heterocycles. The molecule has 0 aliphatic rings. The van der Waals surface area contributed by atoms with Crippen molar-refractivity contribution in [3.05, 3.63) is 31.6 Å². The summed E-state index contributed by atoms with van der Waals surface area (Å²) in [5.74, 6) is 0. The third-order valence-electron chi connectivity index (χ3n) is 1.61. The van der Waals surface area contributed by atoms with Gasteiger partial charge in [0.2, 0.25) is 5.13 Å². The van der Waals surface area contributed by atoms with Crippen LogP contribution in [0.15, 0.2) is 22.7 Å². The maximum atomic E-state index is 5.95. The molecule has 0 bridgehead atoms. The molecule has 2 N–H and O–H groups in total. The summed E-state index contributed by atoms with van der Waals surface area (Å²) in [6.45, 7) is 0. The van der Waals surface area contributed by atoms with Gasteiger partial charge in [-0.2, -0.15) is 0 Å². The van der Waals surface area contributed by atoms with E-state index in [0.717, 1.165) is 15.3 Å². The highest BCUT2D eigenvalue weighted by Crippen LogP contribution is 2.27. The highest BCUT2D eigenvalue weighted by atomic mass is 79.9. The summed E-state index contributed by atoms with van der Waals surface area (Å²) < 4.78 is 1.50. The fraction of sp³-hybridized carbons (Fsp3) is 0. The van der Waals surface area contributed by atoms with Gasteiger partial charge in [0.1, 0.15) is 0 Å². The second kappa shape index (κ2) is 4.61. The molecule has 0 radical (unpaired) electrons. The molecular formula is C8H5BrClN3S2. The van der Waals surface area contributed by atoms with E-state index < -0.39 is 0 Å². The SMILES string of the molecule is S=c1[nH]nc(Nc2ccc(Br)c(Cl)c2)s1. The fourth-order valence-electron chi connectivity index (χ4n) is 0.981. The molecule has 0 spiro atoms. The Balaban J connectivity index is 2.24. The van der Waals surface area contributed by atoms with Crippen LogP contribution in [-0.2, 0) is 0 Å². The molecule has 7 heteroatoms. The van der Waals surface area contributed by atoms with Crippen LogP contribution in [-0.4, -0.2) is 10.2 Å². The van der Waals surface area contributed by atoms with Gasteiger partial charge in [0, 0.05) is 10.2 Å². The zero-order valence-electron chi connectivity index (χ0n) is 7.25. The molecule has 0 atom stereocenters. The molecule has 3 nitrogen and oxygen atoms in total. The predicted octanol–water partition coefficient (Wildman–Crippen LogP) is 4.36. The quantitative estimate of drug-likeness (QED) is 0.807. The van der Waals surface area contributed by atoms with E-state index in [9.17, 15) is 0 Å². The Morgan fingerprint density at radius 3 is 2.93 bits per heavy atom. The lowest BCUT2D eigenvalue weighted by Gasteiger charge is -2.02. The van der Waals surface area contributed by atoms with Crippen molar-refractivity contribution in [2.75, 3.05) is 5.32 Å². The minimum atomic E-state index is 0.640. The van der Waals surface area contributed by atoms with Gasteiger partial charge in [-0.05, 0) is 46.3 Å². The normalized spacial score (nSPS) is 10.3. The first-order valence-electron chi connectivity index (χ1n) is 3.93. The van der Waals surface area contributed by atoms with Gasteiger partial charge in [-0.3, -0.25) is 5.10 Å². The average Bonchev–Trinajstić information content (AvgIpc) is 2.58. The Bertz CT molecular complexity index is 537. The molecule has 0 saturated heterocycles. The Morgan fingerprint density at radius 2 is 2.33 bits per heavy atom. The summed E-state index contributed by atoms with van der Waals surface area (Å²) in [7, 11) is 0. The van der Waals surface area contributed by atoms with E-state index in [0.29, 0.717) is 8.98 Å². The molecule has 0 saturated carbocycles. The molecule has 1 aromatic heterocycles. The molecule has 1 heterocycles. The van der Waals surface area contributed by atoms with Crippen molar-refractivity contribution in [2.45, 2.75) is 0 Å². The Hall–Kier alpha value is -0.430. The van der Waals surface area contributed by atoms with Gasteiger partial charge in [0.15, 0.2) is 3.95 Å². The van der Waals surface area contributed by atoms with E-state index >= 15 is 0 Å². The third-order valence-corrected chi connectivity index (χ3v) is 3.85. The maximum Gasteiger partial charge on any atom is 0.208 e. The Morgan fingerprint density at radius 1 is 1.53 bits per heavy atom. The lowest BCUT2D eigenvalue weighted by Crippen LogP contribution is -1.89. The molecule has 2 rings (SSSR count). The van der Waals surface area contributed by atoms with Crippen molar-refractivity contribution in [3.8, 4) is 0 Å². The van der Waals surface area contributed by atoms with Gasteiger partial charge < -0.3 is 5.32 Å². The van der Waals surface area contributed by atoms with Crippen molar-refractivity contribution >= 4 is 61.9 Å². The van der Waals surface area contributed by atoms with Crippen LogP contribution in [0.25, 0.3) is 0 Å². The minimum absolute atomic E-state index is 0.640. The molecular weight excluding hydrogens is 318 g/mol. The van der Waals surface area contributed by atoms with Gasteiger partial charge in [0.25, 0.3) is 0 Å². The number of anilines is 2. The number of H-pyrrole nitrogens is 1. The number of aromatic nitrogens is 2. The van der Waals surface area contributed by atoms with Crippen molar-refractivity contribution in [3.63, 3.8) is 0 Å².